The van der Waals surface area contributed by atoms with Gasteiger partial charge in [-0.15, -0.1) is 0 Å². The normalized spacial score (nSPS) is 35.8. The van der Waals surface area contributed by atoms with Crippen molar-refractivity contribution in [1.82, 2.24) is 14.5 Å². The van der Waals surface area contributed by atoms with Crippen molar-refractivity contribution in [3.63, 3.8) is 0 Å². The molecule has 3 rings (SSSR count). The average Bonchev–Trinajstić information content (AvgIpc) is 3.08. The monoisotopic (exact) mass is 271 g/mol. The lowest BCUT2D eigenvalue weighted by Gasteiger charge is -2.37. The third-order valence-corrected chi connectivity index (χ3v) is 5.83. The van der Waals surface area contributed by atoms with Crippen LogP contribution in [0.15, 0.2) is 0 Å². The molecule has 0 aromatic rings. The van der Waals surface area contributed by atoms with Crippen molar-refractivity contribution in [3.8, 4) is 0 Å². The van der Waals surface area contributed by atoms with Crippen LogP contribution in [0, 0.1) is 11.3 Å². The van der Waals surface area contributed by atoms with E-state index in [1.807, 2.05) is 0 Å². The van der Waals surface area contributed by atoms with E-state index in [9.17, 15) is 5.11 Å². The Bertz CT molecular complexity index is 299. The van der Waals surface area contributed by atoms with Gasteiger partial charge in [0.2, 0.25) is 0 Å². The van der Waals surface area contributed by atoms with Gasteiger partial charge in [-0.25, -0.2) is 0 Å². The molecule has 1 N–H and O–H groups in total. The fourth-order valence-corrected chi connectivity index (χ4v) is 3.93. The smallest absolute Gasteiger partial charge is 0.110 e. The van der Waals surface area contributed by atoms with E-state index in [-0.39, 0.29) is 6.23 Å². The van der Waals surface area contributed by atoms with Gasteiger partial charge in [0.25, 0.3) is 0 Å². The first kappa shape index (κ1) is 13.3. The molecule has 0 radical (unpaired) electrons. The van der Waals surface area contributed by atoms with Gasteiger partial charge in [0.15, 0.2) is 0 Å². The van der Waals surface area contributed by atoms with Crippen LogP contribution in [0.5, 0.6) is 0 Å². The van der Waals surface area contributed by atoms with Gasteiger partial charge in [0.05, 0.1) is 0 Å². The van der Waals surface area contributed by atoms with E-state index in [1.54, 1.807) is 0 Å². The lowest BCUT2D eigenvalue weighted by Crippen LogP contribution is -2.49. The summed E-state index contributed by atoms with van der Waals surface area (Å²) in [7, 11) is 4.97. The van der Waals surface area contributed by atoms with E-state index in [0.717, 1.165) is 26.2 Å². The summed E-state index contributed by atoms with van der Waals surface area (Å²) in [4.78, 5) is 4.71. The van der Waals surface area contributed by atoms with Crippen molar-refractivity contribution in [2.24, 2.45) is 11.3 Å². The summed E-state index contributed by atoms with van der Waals surface area (Å²) in [6.45, 7) is 6.56. The van der Waals surface area contributed by atoms with Crippen molar-refractivity contribution in [2.45, 2.75) is 25.5 Å². The molecule has 2 heterocycles. The summed E-state index contributed by atoms with van der Waals surface area (Å²) >= 11 is 0. The quantitative estimate of drug-likeness (QED) is 0.738. The molecular weight excluding hydrogens is 245 g/mol. The Labute approximate surface area is 113 Å². The van der Waals surface area contributed by atoms with E-state index in [0.29, 0.717) is 11.3 Å². The number of likely N-dealkylation sites (tertiary alicyclic amines) is 1. The predicted molar refractivity (Wildman–Crippen MR) is 76.1 cm³/mol. The standard InChI is InChI=1S/C13H26N3OP/c1-14-4-2-13(3-5-14)10-11(13)12(17)15-6-8-16(18)9-7-15/h11-12,17H,2-10,18H2,1H3. The van der Waals surface area contributed by atoms with Gasteiger partial charge in [0.1, 0.15) is 6.23 Å². The molecule has 104 valence electrons. The number of rotatable bonds is 2. The van der Waals surface area contributed by atoms with Gasteiger partial charge in [-0.05, 0) is 44.8 Å². The maximum atomic E-state index is 10.6. The molecule has 0 bridgehead atoms. The molecule has 18 heavy (non-hydrogen) atoms. The Hall–Kier alpha value is 0.270. The van der Waals surface area contributed by atoms with Crippen LogP contribution in [0.2, 0.25) is 0 Å². The van der Waals surface area contributed by atoms with E-state index in [2.05, 4.69) is 30.9 Å². The van der Waals surface area contributed by atoms with Crippen LogP contribution in [-0.4, -0.2) is 72.1 Å². The van der Waals surface area contributed by atoms with Crippen LogP contribution in [0.1, 0.15) is 19.3 Å². The Balaban J connectivity index is 1.54. The fraction of sp³-hybridized carbons (Fsp3) is 1.00. The summed E-state index contributed by atoms with van der Waals surface area (Å²) in [6, 6.07) is 0. The first-order valence-corrected chi connectivity index (χ1v) is 7.73. The SMILES string of the molecule is CN1CCC2(CC1)CC2C(O)N1CCN(P)CC1. The highest BCUT2D eigenvalue weighted by atomic mass is 31.0. The zero-order valence-electron chi connectivity index (χ0n) is 11.4. The highest BCUT2D eigenvalue weighted by molar-refractivity contribution is 7.13. The van der Waals surface area contributed by atoms with Gasteiger partial charge in [-0.3, -0.25) is 9.57 Å². The van der Waals surface area contributed by atoms with Crippen LogP contribution in [0.4, 0.5) is 0 Å². The number of hydrogen-bond donors (Lipinski definition) is 1. The summed E-state index contributed by atoms with van der Waals surface area (Å²) < 4.78 is 2.27. The average molecular weight is 271 g/mol. The zero-order valence-corrected chi connectivity index (χ0v) is 12.5. The molecule has 2 aliphatic heterocycles. The van der Waals surface area contributed by atoms with Gasteiger partial charge in [-0.1, -0.05) is 9.39 Å². The molecule has 5 heteroatoms. The molecule has 0 aromatic heterocycles. The highest BCUT2D eigenvalue weighted by Gasteiger charge is 2.58. The minimum absolute atomic E-state index is 0.188. The molecule has 1 saturated carbocycles. The molecule has 0 amide bonds. The maximum Gasteiger partial charge on any atom is 0.110 e. The first-order chi connectivity index (χ1) is 8.61. The number of piperidine rings is 1. The first-order valence-electron chi connectivity index (χ1n) is 7.21. The van der Waals surface area contributed by atoms with Gasteiger partial charge >= 0.3 is 0 Å². The van der Waals surface area contributed by atoms with Crippen LogP contribution < -0.4 is 0 Å². The van der Waals surface area contributed by atoms with E-state index in [4.69, 9.17) is 0 Å². The van der Waals surface area contributed by atoms with E-state index in [1.165, 1.54) is 32.4 Å². The Kier molecular flexibility index (Phi) is 3.68. The third kappa shape index (κ3) is 2.46. The molecule has 0 aromatic carbocycles. The van der Waals surface area contributed by atoms with Crippen LogP contribution in [0.3, 0.4) is 0 Å². The molecule has 3 fully saturated rings. The summed E-state index contributed by atoms with van der Waals surface area (Å²) in [5, 5.41) is 10.6. The molecule has 3 atom stereocenters. The predicted octanol–water partition coefficient (Wildman–Crippen LogP) is 0.444. The van der Waals surface area contributed by atoms with Crippen LogP contribution in [-0.2, 0) is 0 Å². The molecule has 3 unspecified atom stereocenters. The van der Waals surface area contributed by atoms with Crippen molar-refractivity contribution in [1.29, 1.82) is 0 Å². The lowest BCUT2D eigenvalue weighted by atomic mass is 9.90. The number of hydrogen-bond acceptors (Lipinski definition) is 4. The van der Waals surface area contributed by atoms with Gasteiger partial charge in [-0.2, -0.15) is 0 Å². The van der Waals surface area contributed by atoms with Crippen LogP contribution in [0.25, 0.3) is 0 Å². The molecule has 3 aliphatic rings. The minimum atomic E-state index is -0.188. The summed E-state index contributed by atoms with van der Waals surface area (Å²) in [6.07, 6.45) is 3.64. The highest BCUT2D eigenvalue weighted by Crippen LogP contribution is 2.61. The minimum Gasteiger partial charge on any atom is -0.378 e. The summed E-state index contributed by atoms with van der Waals surface area (Å²) in [5.74, 6) is 0.544. The number of aliphatic hydroxyl groups excluding tert-OH is 1. The van der Waals surface area contributed by atoms with E-state index >= 15 is 0 Å². The van der Waals surface area contributed by atoms with Crippen molar-refractivity contribution >= 4 is 9.39 Å². The Morgan fingerprint density at radius 3 is 2.33 bits per heavy atom. The lowest BCUT2D eigenvalue weighted by molar-refractivity contribution is -0.0406. The summed E-state index contributed by atoms with van der Waals surface area (Å²) in [5.41, 5.74) is 0.490. The van der Waals surface area contributed by atoms with Crippen molar-refractivity contribution in [2.75, 3.05) is 46.3 Å². The van der Waals surface area contributed by atoms with Gasteiger partial charge in [0, 0.05) is 32.1 Å². The van der Waals surface area contributed by atoms with Crippen molar-refractivity contribution < 1.29 is 5.11 Å². The molecular formula is C13H26N3OP. The number of aliphatic hydroxyl groups is 1. The Morgan fingerprint density at radius 1 is 1.11 bits per heavy atom. The number of piperazine rings is 1. The van der Waals surface area contributed by atoms with E-state index < -0.39 is 0 Å². The molecule has 1 spiro atoms. The van der Waals surface area contributed by atoms with Gasteiger partial charge < -0.3 is 10.0 Å². The number of nitrogens with zero attached hydrogens (tertiary/aromatic N) is 3. The second-order valence-corrected chi connectivity index (χ2v) is 7.19. The molecule has 2 saturated heterocycles. The molecule has 4 nitrogen and oxygen atoms in total. The molecule has 1 aliphatic carbocycles. The Morgan fingerprint density at radius 2 is 1.72 bits per heavy atom. The second kappa shape index (κ2) is 4.99. The van der Waals surface area contributed by atoms with Crippen LogP contribution >= 0.6 is 9.39 Å². The van der Waals surface area contributed by atoms with Crippen molar-refractivity contribution in [3.05, 3.63) is 0 Å². The maximum absolute atomic E-state index is 10.6. The zero-order chi connectivity index (χ0) is 12.8. The topological polar surface area (TPSA) is 30.0 Å². The third-order valence-electron chi connectivity index (χ3n) is 5.32. The largest absolute Gasteiger partial charge is 0.378 e. The second-order valence-electron chi connectivity index (χ2n) is 6.46. The fourth-order valence-electron chi connectivity index (χ4n) is 3.70.